The lowest BCUT2D eigenvalue weighted by molar-refractivity contribution is 0.861. The van der Waals surface area contributed by atoms with Crippen LogP contribution in [-0.4, -0.2) is 14.6 Å². The van der Waals surface area contributed by atoms with Crippen molar-refractivity contribution in [3.8, 4) is 0 Å². The number of pyridine rings is 1. The molecule has 0 unspecified atom stereocenters. The minimum Gasteiger partial charge on any atom is -0.250 e. The number of aromatic amines is 1. The van der Waals surface area contributed by atoms with Crippen molar-refractivity contribution in [3.05, 3.63) is 34.4 Å². The molecular formula is C11H17N3O. The van der Waals surface area contributed by atoms with Crippen LogP contribution < -0.4 is 5.69 Å². The normalized spacial score (nSPS) is 10.2. The quantitative estimate of drug-likeness (QED) is 0.779. The second-order valence-electron chi connectivity index (χ2n) is 3.34. The fourth-order valence-corrected chi connectivity index (χ4v) is 1.40. The predicted octanol–water partition coefficient (Wildman–Crippen LogP) is 2.17. The van der Waals surface area contributed by atoms with E-state index in [1.807, 2.05) is 26.0 Å². The van der Waals surface area contributed by atoms with Crippen LogP contribution in [0.4, 0.5) is 0 Å². The van der Waals surface area contributed by atoms with Crippen LogP contribution >= 0.6 is 0 Å². The van der Waals surface area contributed by atoms with Crippen molar-refractivity contribution in [2.75, 3.05) is 0 Å². The van der Waals surface area contributed by atoms with Crippen LogP contribution in [0.15, 0.2) is 23.1 Å². The lowest BCUT2D eigenvalue weighted by atomic mass is 10.1. The van der Waals surface area contributed by atoms with E-state index >= 15 is 0 Å². The molecule has 2 rings (SSSR count). The Morgan fingerprint density at radius 2 is 2.07 bits per heavy atom. The van der Waals surface area contributed by atoms with Gasteiger partial charge in [0, 0.05) is 6.20 Å². The first-order chi connectivity index (χ1) is 7.20. The summed E-state index contributed by atoms with van der Waals surface area (Å²) in [6.45, 7) is 8.16. The standard InChI is InChI=1S/C9H11N3O.C2H6/c1-6(2)7-4-3-5-12-8(7)10-11-9(12)13;1-2/h3-6H,1-2H3,(H,11,13);1-2H3. The molecule has 0 amide bonds. The Balaban J connectivity index is 0.000000531. The topological polar surface area (TPSA) is 50.2 Å². The first-order valence-corrected chi connectivity index (χ1v) is 5.26. The molecule has 2 aromatic rings. The van der Waals surface area contributed by atoms with Crippen molar-refractivity contribution in [3.63, 3.8) is 0 Å². The van der Waals surface area contributed by atoms with Gasteiger partial charge < -0.3 is 0 Å². The smallest absolute Gasteiger partial charge is 0.250 e. The first kappa shape index (κ1) is 11.5. The molecule has 4 nitrogen and oxygen atoms in total. The molecule has 0 saturated carbocycles. The molecule has 0 aromatic carbocycles. The molecule has 82 valence electrons. The summed E-state index contributed by atoms with van der Waals surface area (Å²) in [6.07, 6.45) is 1.72. The van der Waals surface area contributed by atoms with E-state index in [9.17, 15) is 4.79 Å². The van der Waals surface area contributed by atoms with Crippen LogP contribution in [-0.2, 0) is 0 Å². The van der Waals surface area contributed by atoms with E-state index in [0.29, 0.717) is 5.92 Å². The molecule has 0 aliphatic rings. The zero-order valence-electron chi connectivity index (χ0n) is 9.61. The van der Waals surface area contributed by atoms with Gasteiger partial charge in [-0.1, -0.05) is 33.8 Å². The molecule has 2 heterocycles. The fraction of sp³-hybridized carbons (Fsp3) is 0.455. The molecule has 0 aliphatic carbocycles. The molecule has 0 fully saturated rings. The van der Waals surface area contributed by atoms with Gasteiger partial charge >= 0.3 is 5.69 Å². The number of aromatic nitrogens is 3. The van der Waals surface area contributed by atoms with Crippen molar-refractivity contribution >= 4 is 5.65 Å². The van der Waals surface area contributed by atoms with Gasteiger partial charge in [0.15, 0.2) is 5.65 Å². The summed E-state index contributed by atoms with van der Waals surface area (Å²) in [5.74, 6) is 0.374. The van der Waals surface area contributed by atoms with E-state index < -0.39 is 0 Å². The highest BCUT2D eigenvalue weighted by Crippen LogP contribution is 2.16. The summed E-state index contributed by atoms with van der Waals surface area (Å²) < 4.78 is 1.52. The van der Waals surface area contributed by atoms with Crippen LogP contribution in [0.25, 0.3) is 5.65 Å². The van der Waals surface area contributed by atoms with Gasteiger partial charge in [-0.2, -0.15) is 5.10 Å². The highest BCUT2D eigenvalue weighted by molar-refractivity contribution is 5.47. The molecular weight excluding hydrogens is 190 g/mol. The van der Waals surface area contributed by atoms with Gasteiger partial charge in [-0.3, -0.25) is 4.40 Å². The average Bonchev–Trinajstić information content (AvgIpc) is 2.63. The van der Waals surface area contributed by atoms with Crippen molar-refractivity contribution in [1.29, 1.82) is 0 Å². The number of nitrogens with one attached hydrogen (secondary N) is 1. The van der Waals surface area contributed by atoms with Gasteiger partial charge in [0.2, 0.25) is 0 Å². The molecule has 0 saturated heterocycles. The molecule has 0 spiro atoms. The summed E-state index contributed by atoms with van der Waals surface area (Å²) in [6, 6.07) is 3.85. The van der Waals surface area contributed by atoms with E-state index in [1.54, 1.807) is 6.20 Å². The Labute approximate surface area is 88.9 Å². The third kappa shape index (κ3) is 2.09. The number of fused-ring (bicyclic) bond motifs is 1. The van der Waals surface area contributed by atoms with Crippen LogP contribution in [0.3, 0.4) is 0 Å². The summed E-state index contributed by atoms with van der Waals surface area (Å²) in [5.41, 5.74) is 1.63. The Morgan fingerprint density at radius 3 is 2.67 bits per heavy atom. The highest BCUT2D eigenvalue weighted by Gasteiger charge is 2.07. The first-order valence-electron chi connectivity index (χ1n) is 5.26. The Morgan fingerprint density at radius 1 is 1.40 bits per heavy atom. The average molecular weight is 207 g/mol. The Kier molecular flexibility index (Phi) is 3.66. The maximum atomic E-state index is 11.2. The summed E-state index contributed by atoms with van der Waals surface area (Å²) in [4.78, 5) is 11.2. The predicted molar refractivity (Wildman–Crippen MR) is 61.2 cm³/mol. The van der Waals surface area contributed by atoms with Crippen LogP contribution in [0.2, 0.25) is 0 Å². The van der Waals surface area contributed by atoms with E-state index in [4.69, 9.17) is 0 Å². The number of rotatable bonds is 1. The van der Waals surface area contributed by atoms with Crippen molar-refractivity contribution in [1.82, 2.24) is 14.6 Å². The molecule has 15 heavy (non-hydrogen) atoms. The molecule has 0 aliphatic heterocycles. The minimum absolute atomic E-state index is 0.183. The third-order valence-electron chi connectivity index (χ3n) is 2.10. The fourth-order valence-electron chi connectivity index (χ4n) is 1.40. The second-order valence-corrected chi connectivity index (χ2v) is 3.34. The van der Waals surface area contributed by atoms with Crippen molar-refractivity contribution < 1.29 is 0 Å². The van der Waals surface area contributed by atoms with Gasteiger partial charge in [0.1, 0.15) is 0 Å². The van der Waals surface area contributed by atoms with E-state index in [1.165, 1.54) is 4.40 Å². The van der Waals surface area contributed by atoms with Gasteiger partial charge in [-0.05, 0) is 17.5 Å². The monoisotopic (exact) mass is 207 g/mol. The zero-order chi connectivity index (χ0) is 11.4. The summed E-state index contributed by atoms with van der Waals surface area (Å²) in [5, 5.41) is 6.39. The van der Waals surface area contributed by atoms with Gasteiger partial charge in [0.25, 0.3) is 0 Å². The molecule has 2 aromatic heterocycles. The van der Waals surface area contributed by atoms with Gasteiger partial charge in [-0.25, -0.2) is 9.89 Å². The SMILES string of the molecule is CC.CC(C)c1cccn2c(=O)[nH]nc12. The van der Waals surface area contributed by atoms with E-state index in [-0.39, 0.29) is 5.69 Å². The Hall–Kier alpha value is -1.58. The maximum Gasteiger partial charge on any atom is 0.347 e. The lowest BCUT2D eigenvalue weighted by Gasteiger charge is -2.04. The van der Waals surface area contributed by atoms with Crippen LogP contribution in [0.5, 0.6) is 0 Å². The van der Waals surface area contributed by atoms with Gasteiger partial charge in [0.05, 0.1) is 0 Å². The molecule has 0 atom stereocenters. The largest absolute Gasteiger partial charge is 0.347 e. The number of H-pyrrole nitrogens is 1. The summed E-state index contributed by atoms with van der Waals surface area (Å²) in [7, 11) is 0. The van der Waals surface area contributed by atoms with Gasteiger partial charge in [-0.15, -0.1) is 0 Å². The number of hydrogen-bond donors (Lipinski definition) is 1. The highest BCUT2D eigenvalue weighted by atomic mass is 16.1. The van der Waals surface area contributed by atoms with Crippen LogP contribution in [0, 0.1) is 0 Å². The molecule has 0 radical (unpaired) electrons. The van der Waals surface area contributed by atoms with E-state index in [0.717, 1.165) is 11.2 Å². The number of nitrogens with zero attached hydrogens (tertiary/aromatic N) is 2. The minimum atomic E-state index is -0.183. The summed E-state index contributed by atoms with van der Waals surface area (Å²) >= 11 is 0. The van der Waals surface area contributed by atoms with Crippen LogP contribution in [0.1, 0.15) is 39.2 Å². The third-order valence-corrected chi connectivity index (χ3v) is 2.10. The zero-order valence-corrected chi connectivity index (χ0v) is 9.61. The molecule has 0 bridgehead atoms. The van der Waals surface area contributed by atoms with Crippen molar-refractivity contribution in [2.24, 2.45) is 0 Å². The molecule has 4 heteroatoms. The lowest BCUT2D eigenvalue weighted by Crippen LogP contribution is -2.09. The molecule has 1 N–H and O–H groups in total. The Bertz CT molecular complexity index is 482. The maximum absolute atomic E-state index is 11.2. The number of hydrogen-bond acceptors (Lipinski definition) is 2. The second kappa shape index (κ2) is 4.77. The van der Waals surface area contributed by atoms with Crippen molar-refractivity contribution in [2.45, 2.75) is 33.6 Å². The van der Waals surface area contributed by atoms with E-state index in [2.05, 4.69) is 24.0 Å².